The van der Waals surface area contributed by atoms with Crippen LogP contribution in [-0.4, -0.2) is 50.9 Å². The van der Waals surface area contributed by atoms with Crippen LogP contribution < -0.4 is 9.62 Å². The molecule has 0 aliphatic carbocycles. The second-order valence-electron chi connectivity index (χ2n) is 6.31. The van der Waals surface area contributed by atoms with Crippen LogP contribution in [0.15, 0.2) is 6.33 Å². The number of aromatic nitrogens is 2. The number of nitrogens with one attached hydrogen (secondary N) is 1. The molecule has 1 aromatic rings. The van der Waals surface area contributed by atoms with Crippen LogP contribution in [0.1, 0.15) is 30.5 Å². The van der Waals surface area contributed by atoms with Crippen molar-refractivity contribution < 1.29 is 13.2 Å². The van der Waals surface area contributed by atoms with E-state index < -0.39 is 10.0 Å². The van der Waals surface area contributed by atoms with Crippen LogP contribution in [0.5, 0.6) is 0 Å². The van der Waals surface area contributed by atoms with Gasteiger partial charge in [0.1, 0.15) is 12.1 Å². The number of rotatable bonds is 5. The number of ether oxygens (including phenoxy) is 1. The highest BCUT2D eigenvalue weighted by Crippen LogP contribution is 2.28. The maximum Gasteiger partial charge on any atom is 0.208 e. The van der Waals surface area contributed by atoms with Gasteiger partial charge < -0.3 is 9.64 Å². The first-order valence-electron chi connectivity index (χ1n) is 8.13. The van der Waals surface area contributed by atoms with Gasteiger partial charge in [-0.1, -0.05) is 0 Å². The summed E-state index contributed by atoms with van der Waals surface area (Å²) in [5.74, 6) is 1.63. The topological polar surface area (TPSA) is 84.4 Å². The first kappa shape index (κ1) is 16.6. The van der Waals surface area contributed by atoms with Crippen molar-refractivity contribution in [3.63, 3.8) is 0 Å². The molecule has 7 nitrogen and oxygen atoms in total. The van der Waals surface area contributed by atoms with E-state index in [0.717, 1.165) is 56.9 Å². The summed E-state index contributed by atoms with van der Waals surface area (Å²) in [6.45, 7) is 3.78. The van der Waals surface area contributed by atoms with Crippen molar-refractivity contribution in [3.8, 4) is 0 Å². The van der Waals surface area contributed by atoms with E-state index in [1.807, 2.05) is 0 Å². The second kappa shape index (κ2) is 7.11. The van der Waals surface area contributed by atoms with E-state index >= 15 is 0 Å². The average Bonchev–Trinajstić information content (AvgIpc) is 2.54. The molecule has 0 radical (unpaired) electrons. The molecular weight excluding hydrogens is 316 g/mol. The zero-order valence-electron chi connectivity index (χ0n) is 13.5. The fraction of sp³-hybridized carbons (Fsp3) is 0.733. The van der Waals surface area contributed by atoms with Crippen molar-refractivity contribution in [3.05, 3.63) is 17.6 Å². The zero-order chi connectivity index (χ0) is 16.3. The molecule has 23 heavy (non-hydrogen) atoms. The first-order valence-corrected chi connectivity index (χ1v) is 10.0. The van der Waals surface area contributed by atoms with Crippen molar-refractivity contribution in [2.75, 3.05) is 37.4 Å². The molecule has 0 amide bonds. The third-order valence-corrected chi connectivity index (χ3v) is 5.31. The smallest absolute Gasteiger partial charge is 0.208 e. The standard InChI is InChI=1S/C15H24N4O3S/c1-23(20,21)18-6-2-12-3-7-19(8-4-12)15-13-5-9-22-10-14(13)16-11-17-15/h11-12,18H,2-10H2,1H3. The Morgan fingerprint density at radius 2 is 2.13 bits per heavy atom. The summed E-state index contributed by atoms with van der Waals surface area (Å²) in [6.07, 6.45) is 6.75. The lowest BCUT2D eigenvalue weighted by Crippen LogP contribution is -2.36. The third-order valence-electron chi connectivity index (χ3n) is 4.58. The lowest BCUT2D eigenvalue weighted by molar-refractivity contribution is 0.107. The van der Waals surface area contributed by atoms with Crippen molar-refractivity contribution >= 4 is 15.8 Å². The van der Waals surface area contributed by atoms with Gasteiger partial charge in [-0.25, -0.2) is 23.1 Å². The number of piperidine rings is 1. The van der Waals surface area contributed by atoms with Crippen molar-refractivity contribution in [1.29, 1.82) is 0 Å². The predicted octanol–water partition coefficient (Wildman–Crippen LogP) is 0.705. The van der Waals surface area contributed by atoms with Crippen LogP contribution in [-0.2, 0) is 27.8 Å². The molecule has 128 valence electrons. The Bertz CT molecular complexity index is 642. The molecule has 1 N–H and O–H groups in total. The summed E-state index contributed by atoms with van der Waals surface area (Å²) >= 11 is 0. The Morgan fingerprint density at radius 3 is 2.87 bits per heavy atom. The minimum atomic E-state index is -3.08. The number of sulfonamides is 1. The van der Waals surface area contributed by atoms with E-state index in [9.17, 15) is 8.42 Å². The monoisotopic (exact) mass is 340 g/mol. The van der Waals surface area contributed by atoms with Gasteiger partial charge >= 0.3 is 0 Å². The summed E-state index contributed by atoms with van der Waals surface area (Å²) in [5, 5.41) is 0. The highest BCUT2D eigenvalue weighted by atomic mass is 32.2. The Hall–Kier alpha value is -1.25. The normalized spacial score (nSPS) is 19.6. The predicted molar refractivity (Wildman–Crippen MR) is 87.8 cm³/mol. The van der Waals surface area contributed by atoms with Gasteiger partial charge in [0.25, 0.3) is 0 Å². The Morgan fingerprint density at radius 1 is 1.35 bits per heavy atom. The summed E-state index contributed by atoms with van der Waals surface area (Å²) in [6, 6.07) is 0. The van der Waals surface area contributed by atoms with Crippen LogP contribution >= 0.6 is 0 Å². The molecule has 2 aliphatic heterocycles. The lowest BCUT2D eigenvalue weighted by Gasteiger charge is -2.34. The molecule has 0 saturated carbocycles. The van der Waals surface area contributed by atoms with Gasteiger partial charge in [-0.2, -0.15) is 0 Å². The molecular formula is C15H24N4O3S. The molecule has 0 aromatic carbocycles. The number of anilines is 1. The van der Waals surface area contributed by atoms with Crippen molar-refractivity contribution in [2.45, 2.75) is 32.3 Å². The van der Waals surface area contributed by atoms with Crippen LogP contribution in [0.4, 0.5) is 5.82 Å². The van der Waals surface area contributed by atoms with Crippen LogP contribution in [0, 0.1) is 5.92 Å². The second-order valence-corrected chi connectivity index (χ2v) is 8.14. The zero-order valence-corrected chi connectivity index (χ0v) is 14.3. The van der Waals surface area contributed by atoms with Crippen LogP contribution in [0.3, 0.4) is 0 Å². The molecule has 2 aliphatic rings. The molecule has 1 saturated heterocycles. The van der Waals surface area contributed by atoms with E-state index in [4.69, 9.17) is 4.74 Å². The summed E-state index contributed by atoms with van der Waals surface area (Å²) in [5.41, 5.74) is 2.25. The SMILES string of the molecule is CS(=O)(=O)NCCC1CCN(c2ncnc3c2CCOC3)CC1. The first-order chi connectivity index (χ1) is 11.0. The van der Waals surface area contributed by atoms with Crippen molar-refractivity contribution in [1.82, 2.24) is 14.7 Å². The van der Waals surface area contributed by atoms with Gasteiger partial charge in [0, 0.05) is 31.6 Å². The molecule has 8 heteroatoms. The summed E-state index contributed by atoms with van der Waals surface area (Å²) < 4.78 is 30.2. The minimum absolute atomic E-state index is 0.531. The van der Waals surface area contributed by atoms with E-state index in [1.54, 1.807) is 6.33 Å². The highest BCUT2D eigenvalue weighted by Gasteiger charge is 2.24. The Kier molecular flexibility index (Phi) is 5.13. The largest absolute Gasteiger partial charge is 0.375 e. The van der Waals surface area contributed by atoms with Crippen molar-refractivity contribution in [2.24, 2.45) is 5.92 Å². The van der Waals surface area contributed by atoms with Crippen LogP contribution in [0.25, 0.3) is 0 Å². The number of nitrogens with zero attached hydrogens (tertiary/aromatic N) is 3. The minimum Gasteiger partial charge on any atom is -0.375 e. The van der Waals surface area contributed by atoms with Crippen LogP contribution in [0.2, 0.25) is 0 Å². The third kappa shape index (κ3) is 4.39. The molecule has 1 fully saturated rings. The fourth-order valence-electron chi connectivity index (χ4n) is 3.32. The summed E-state index contributed by atoms with van der Waals surface area (Å²) in [4.78, 5) is 11.2. The Balaban J connectivity index is 1.55. The average molecular weight is 340 g/mol. The van der Waals surface area contributed by atoms with E-state index in [2.05, 4.69) is 19.6 Å². The number of fused-ring (bicyclic) bond motifs is 1. The lowest BCUT2D eigenvalue weighted by atomic mass is 9.93. The molecule has 0 atom stereocenters. The molecule has 0 unspecified atom stereocenters. The summed E-state index contributed by atoms with van der Waals surface area (Å²) in [7, 11) is -3.08. The highest BCUT2D eigenvalue weighted by molar-refractivity contribution is 7.88. The molecule has 0 spiro atoms. The van der Waals surface area contributed by atoms with Gasteiger partial charge in [-0.3, -0.25) is 0 Å². The molecule has 1 aromatic heterocycles. The van der Waals surface area contributed by atoms with Gasteiger partial charge in [-0.15, -0.1) is 0 Å². The van der Waals surface area contributed by atoms with E-state index in [0.29, 0.717) is 19.1 Å². The fourth-order valence-corrected chi connectivity index (χ4v) is 3.80. The molecule has 3 rings (SSSR count). The Labute approximate surface area is 137 Å². The maximum absolute atomic E-state index is 11.1. The maximum atomic E-state index is 11.1. The molecule has 3 heterocycles. The number of hydrogen-bond acceptors (Lipinski definition) is 6. The van der Waals surface area contributed by atoms with Gasteiger partial charge in [0.2, 0.25) is 10.0 Å². The van der Waals surface area contributed by atoms with E-state index in [-0.39, 0.29) is 0 Å². The number of hydrogen-bond donors (Lipinski definition) is 1. The quantitative estimate of drug-likeness (QED) is 0.850. The van der Waals surface area contributed by atoms with Gasteiger partial charge in [0.15, 0.2) is 0 Å². The molecule has 0 bridgehead atoms. The van der Waals surface area contributed by atoms with E-state index in [1.165, 1.54) is 11.8 Å². The van der Waals surface area contributed by atoms with Gasteiger partial charge in [-0.05, 0) is 25.2 Å². The van der Waals surface area contributed by atoms with Gasteiger partial charge in [0.05, 0.1) is 25.2 Å².